The Bertz CT molecular complexity index is 1190. The Balaban J connectivity index is 1.52. The third-order valence-electron chi connectivity index (χ3n) is 6.43. The number of aromatic nitrogens is 1. The van der Waals surface area contributed by atoms with Gasteiger partial charge in [0.05, 0.1) is 10.5 Å². The zero-order valence-electron chi connectivity index (χ0n) is 19.4. The van der Waals surface area contributed by atoms with E-state index in [0.29, 0.717) is 19.0 Å². The van der Waals surface area contributed by atoms with Crippen molar-refractivity contribution in [1.82, 2.24) is 14.4 Å². The number of nitrogens with zero attached hydrogens (tertiary/aromatic N) is 3. The highest BCUT2D eigenvalue weighted by Crippen LogP contribution is 2.34. The summed E-state index contributed by atoms with van der Waals surface area (Å²) in [7, 11) is 0. The average molecular weight is 482 g/mol. The average Bonchev–Trinajstić information content (AvgIpc) is 3.23. The Morgan fingerprint density at radius 2 is 1.76 bits per heavy atom. The van der Waals surface area contributed by atoms with Crippen LogP contribution in [0, 0.1) is 19.8 Å². The first kappa shape index (κ1) is 23.8. The number of likely N-dealkylation sites (tertiary alicyclic amines) is 1. The van der Waals surface area contributed by atoms with Gasteiger partial charge >= 0.3 is 5.97 Å². The van der Waals surface area contributed by atoms with E-state index in [4.69, 9.17) is 5.11 Å². The maximum atomic E-state index is 12.9. The van der Waals surface area contributed by atoms with Crippen LogP contribution in [0.15, 0.2) is 35.2 Å². The zero-order chi connectivity index (χ0) is 24.6. The SMILES string of the molecule is Cc1cc(C=C2SC(=O)N(CC(=O)N3CCC(C)CC3)C2=O)c(C)n1-c1ccc(C(=O)O)cc1. The molecule has 0 aliphatic carbocycles. The molecule has 0 unspecified atom stereocenters. The number of aromatic carboxylic acids is 1. The van der Waals surface area contributed by atoms with Crippen molar-refractivity contribution >= 4 is 40.9 Å². The molecule has 2 saturated heterocycles. The number of carbonyl (C=O) groups excluding carboxylic acids is 3. The monoisotopic (exact) mass is 481 g/mol. The molecular formula is C25H27N3O5S. The van der Waals surface area contributed by atoms with Crippen molar-refractivity contribution in [3.8, 4) is 5.69 Å². The van der Waals surface area contributed by atoms with Gasteiger partial charge in [0.1, 0.15) is 6.54 Å². The lowest BCUT2D eigenvalue weighted by Gasteiger charge is -2.31. The lowest BCUT2D eigenvalue weighted by Crippen LogP contribution is -2.45. The zero-order valence-corrected chi connectivity index (χ0v) is 20.2. The van der Waals surface area contributed by atoms with Crippen molar-refractivity contribution in [2.24, 2.45) is 5.92 Å². The first-order valence-electron chi connectivity index (χ1n) is 11.2. The van der Waals surface area contributed by atoms with Gasteiger partial charge in [0.25, 0.3) is 11.1 Å². The van der Waals surface area contributed by atoms with Crippen molar-refractivity contribution in [1.29, 1.82) is 0 Å². The van der Waals surface area contributed by atoms with Crippen LogP contribution < -0.4 is 0 Å². The number of amides is 3. The summed E-state index contributed by atoms with van der Waals surface area (Å²) in [5.74, 6) is -1.06. The van der Waals surface area contributed by atoms with Gasteiger partial charge in [-0.05, 0) is 86.3 Å². The first-order chi connectivity index (χ1) is 16.2. The minimum atomic E-state index is -0.989. The molecule has 2 aromatic rings. The third kappa shape index (κ3) is 4.65. The molecule has 0 saturated carbocycles. The second kappa shape index (κ2) is 9.50. The Hall–Kier alpha value is -3.33. The lowest BCUT2D eigenvalue weighted by molar-refractivity contribution is -0.136. The maximum absolute atomic E-state index is 12.9. The molecule has 3 heterocycles. The number of carboxylic acid groups (broad SMARTS) is 1. The molecule has 1 N–H and O–H groups in total. The van der Waals surface area contributed by atoms with E-state index in [9.17, 15) is 19.2 Å². The molecule has 1 aromatic heterocycles. The number of carbonyl (C=O) groups is 4. The standard InChI is InChI=1S/C25H27N3O5S/c1-15-8-10-26(11-9-15)22(29)14-27-23(30)21(34-25(27)33)13-19-12-16(2)28(17(19)3)20-6-4-18(5-7-20)24(31)32/h4-7,12-13,15H,8-11,14H2,1-3H3,(H,31,32). The van der Waals surface area contributed by atoms with E-state index in [-0.39, 0.29) is 22.9 Å². The number of imide groups is 1. The summed E-state index contributed by atoms with van der Waals surface area (Å²) in [5.41, 5.74) is 3.54. The van der Waals surface area contributed by atoms with Gasteiger partial charge in [-0.3, -0.25) is 19.3 Å². The highest BCUT2D eigenvalue weighted by Gasteiger charge is 2.37. The van der Waals surface area contributed by atoms with E-state index in [0.717, 1.165) is 52.1 Å². The fourth-order valence-corrected chi connectivity index (χ4v) is 5.18. The predicted molar refractivity (Wildman–Crippen MR) is 130 cm³/mol. The summed E-state index contributed by atoms with van der Waals surface area (Å²) in [5, 5.41) is 8.68. The van der Waals surface area contributed by atoms with Crippen LogP contribution in [0.25, 0.3) is 11.8 Å². The summed E-state index contributed by atoms with van der Waals surface area (Å²) < 4.78 is 1.96. The molecule has 3 amide bonds. The summed E-state index contributed by atoms with van der Waals surface area (Å²) >= 11 is 0.844. The molecule has 2 aliphatic rings. The molecule has 1 aromatic carbocycles. The molecule has 0 radical (unpaired) electrons. The molecule has 2 fully saturated rings. The molecule has 2 aliphatic heterocycles. The van der Waals surface area contributed by atoms with Crippen LogP contribution in [0.1, 0.15) is 47.1 Å². The highest BCUT2D eigenvalue weighted by molar-refractivity contribution is 8.18. The van der Waals surface area contributed by atoms with Crippen molar-refractivity contribution in [3.63, 3.8) is 0 Å². The molecule has 8 nitrogen and oxygen atoms in total. The molecule has 0 atom stereocenters. The summed E-state index contributed by atoms with van der Waals surface area (Å²) in [6.07, 6.45) is 3.55. The van der Waals surface area contributed by atoms with Crippen LogP contribution in [0.3, 0.4) is 0 Å². The molecule has 34 heavy (non-hydrogen) atoms. The Kier molecular flexibility index (Phi) is 6.65. The fourth-order valence-electron chi connectivity index (χ4n) is 4.35. The molecule has 0 spiro atoms. The van der Waals surface area contributed by atoms with Crippen LogP contribution in [-0.2, 0) is 9.59 Å². The van der Waals surface area contributed by atoms with Gasteiger partial charge in [0, 0.05) is 30.2 Å². The van der Waals surface area contributed by atoms with Crippen LogP contribution in [0.5, 0.6) is 0 Å². The quantitative estimate of drug-likeness (QED) is 0.646. The largest absolute Gasteiger partial charge is 0.478 e. The highest BCUT2D eigenvalue weighted by atomic mass is 32.2. The van der Waals surface area contributed by atoms with Gasteiger partial charge in [0.15, 0.2) is 0 Å². The fraction of sp³-hybridized carbons (Fsp3) is 0.360. The first-order valence-corrected chi connectivity index (χ1v) is 12.0. The summed E-state index contributed by atoms with van der Waals surface area (Å²) in [4.78, 5) is 52.3. The smallest absolute Gasteiger partial charge is 0.335 e. The van der Waals surface area contributed by atoms with E-state index in [1.807, 2.05) is 24.5 Å². The predicted octanol–water partition coefficient (Wildman–Crippen LogP) is 4.09. The van der Waals surface area contributed by atoms with E-state index >= 15 is 0 Å². The van der Waals surface area contributed by atoms with Gasteiger partial charge in [-0.2, -0.15) is 0 Å². The number of thioether (sulfide) groups is 1. The Labute approximate surface area is 202 Å². The van der Waals surface area contributed by atoms with Gasteiger partial charge in [-0.25, -0.2) is 4.79 Å². The normalized spacial score (nSPS) is 18.3. The molecule has 9 heteroatoms. The second-order valence-electron chi connectivity index (χ2n) is 8.85. The molecule has 178 valence electrons. The lowest BCUT2D eigenvalue weighted by atomic mass is 9.99. The Morgan fingerprint density at radius 3 is 2.38 bits per heavy atom. The number of piperidine rings is 1. The van der Waals surface area contributed by atoms with E-state index < -0.39 is 17.1 Å². The van der Waals surface area contributed by atoms with E-state index in [2.05, 4.69) is 6.92 Å². The molecule has 4 rings (SSSR count). The van der Waals surface area contributed by atoms with Crippen molar-refractivity contribution < 1.29 is 24.3 Å². The van der Waals surface area contributed by atoms with Crippen molar-refractivity contribution in [2.75, 3.05) is 19.6 Å². The summed E-state index contributed by atoms with van der Waals surface area (Å²) in [6.45, 7) is 7.06. The number of benzene rings is 1. The molecular weight excluding hydrogens is 454 g/mol. The van der Waals surface area contributed by atoms with Gasteiger partial charge in [-0.1, -0.05) is 6.92 Å². The van der Waals surface area contributed by atoms with Crippen LogP contribution >= 0.6 is 11.8 Å². The van der Waals surface area contributed by atoms with Gasteiger partial charge in [0.2, 0.25) is 5.91 Å². The van der Waals surface area contributed by atoms with Crippen molar-refractivity contribution in [3.05, 3.63) is 57.8 Å². The maximum Gasteiger partial charge on any atom is 0.335 e. The van der Waals surface area contributed by atoms with Gasteiger partial charge in [-0.15, -0.1) is 0 Å². The van der Waals surface area contributed by atoms with E-state index in [1.165, 1.54) is 0 Å². The van der Waals surface area contributed by atoms with Crippen molar-refractivity contribution in [2.45, 2.75) is 33.6 Å². The topological polar surface area (TPSA) is 99.9 Å². The van der Waals surface area contributed by atoms with Crippen LogP contribution in [-0.4, -0.2) is 62.1 Å². The van der Waals surface area contributed by atoms with Crippen LogP contribution in [0.4, 0.5) is 4.79 Å². The minimum Gasteiger partial charge on any atom is -0.478 e. The number of aryl methyl sites for hydroxylation is 1. The molecule has 0 bridgehead atoms. The summed E-state index contributed by atoms with van der Waals surface area (Å²) in [6, 6.07) is 8.46. The number of hydrogen-bond donors (Lipinski definition) is 1. The number of hydrogen-bond acceptors (Lipinski definition) is 5. The van der Waals surface area contributed by atoms with Crippen LogP contribution in [0.2, 0.25) is 0 Å². The second-order valence-corrected chi connectivity index (χ2v) is 9.84. The van der Waals surface area contributed by atoms with E-state index in [1.54, 1.807) is 35.2 Å². The van der Waals surface area contributed by atoms with Gasteiger partial charge < -0.3 is 14.6 Å². The third-order valence-corrected chi connectivity index (χ3v) is 7.34. The number of carboxylic acids is 1. The minimum absolute atomic E-state index is 0.196. The Morgan fingerprint density at radius 1 is 1.12 bits per heavy atom. The number of rotatable bonds is 5.